The summed E-state index contributed by atoms with van der Waals surface area (Å²) in [6.45, 7) is 0. The van der Waals surface area contributed by atoms with Gasteiger partial charge in [0, 0.05) is 6.04 Å². The summed E-state index contributed by atoms with van der Waals surface area (Å²) in [6.07, 6.45) is 4.06. The monoisotopic (exact) mass is 195 g/mol. The van der Waals surface area contributed by atoms with E-state index in [1.165, 1.54) is 0 Å². The highest BCUT2D eigenvalue weighted by molar-refractivity contribution is 7.86. The molecule has 0 aromatic rings. The Hall–Kier alpha value is -0.160. The van der Waals surface area contributed by atoms with Gasteiger partial charge in [0.2, 0.25) is 0 Å². The smallest absolute Gasteiger partial charge is 0.303 e. The molecular formula is C7H14FNO2S. The molecule has 0 aromatic heterocycles. The van der Waals surface area contributed by atoms with Crippen molar-refractivity contribution in [1.82, 2.24) is 0 Å². The minimum atomic E-state index is -4.39. The first-order chi connectivity index (χ1) is 5.49. The van der Waals surface area contributed by atoms with E-state index in [0.29, 0.717) is 0 Å². The fraction of sp³-hybridized carbons (Fsp3) is 1.00. The highest BCUT2D eigenvalue weighted by Crippen LogP contribution is 2.27. The third-order valence-electron chi connectivity index (χ3n) is 2.40. The predicted molar refractivity (Wildman–Crippen MR) is 44.8 cm³/mol. The first-order valence-electron chi connectivity index (χ1n) is 4.17. The summed E-state index contributed by atoms with van der Waals surface area (Å²) in [5, 5.41) is 0. The molecule has 12 heavy (non-hydrogen) atoms. The van der Waals surface area contributed by atoms with Crippen molar-refractivity contribution >= 4 is 10.2 Å². The second-order valence-corrected chi connectivity index (χ2v) is 4.82. The van der Waals surface area contributed by atoms with Gasteiger partial charge in [-0.05, 0) is 18.8 Å². The Morgan fingerprint density at radius 3 is 2.33 bits per heavy atom. The van der Waals surface area contributed by atoms with Crippen LogP contribution < -0.4 is 5.73 Å². The van der Waals surface area contributed by atoms with Gasteiger partial charge in [0.25, 0.3) is 0 Å². The van der Waals surface area contributed by atoms with Crippen molar-refractivity contribution in [3.63, 3.8) is 0 Å². The van der Waals surface area contributed by atoms with Crippen LogP contribution in [0.2, 0.25) is 0 Å². The summed E-state index contributed by atoms with van der Waals surface area (Å²) in [5.41, 5.74) is 5.55. The van der Waals surface area contributed by atoms with E-state index >= 15 is 0 Å². The van der Waals surface area contributed by atoms with Gasteiger partial charge in [0.15, 0.2) is 0 Å². The van der Waals surface area contributed by atoms with Gasteiger partial charge in [-0.2, -0.15) is 8.42 Å². The molecule has 1 aliphatic carbocycles. The van der Waals surface area contributed by atoms with Crippen LogP contribution in [0.5, 0.6) is 0 Å². The number of nitrogens with two attached hydrogens (primary N) is 1. The molecule has 0 amide bonds. The molecule has 0 aliphatic heterocycles. The van der Waals surface area contributed by atoms with E-state index in [2.05, 4.69) is 0 Å². The highest BCUT2D eigenvalue weighted by Gasteiger charge is 2.25. The fourth-order valence-corrected chi connectivity index (χ4v) is 2.48. The van der Waals surface area contributed by atoms with Gasteiger partial charge in [-0.15, -0.1) is 3.89 Å². The second kappa shape index (κ2) is 3.70. The van der Waals surface area contributed by atoms with Crippen LogP contribution in [0, 0.1) is 5.92 Å². The van der Waals surface area contributed by atoms with Crippen molar-refractivity contribution in [3.05, 3.63) is 0 Å². The fourth-order valence-electron chi connectivity index (χ4n) is 1.75. The maximum Gasteiger partial charge on any atom is 0.303 e. The van der Waals surface area contributed by atoms with Crippen LogP contribution in [0.4, 0.5) is 3.89 Å². The topological polar surface area (TPSA) is 60.2 Å². The first-order valence-corrected chi connectivity index (χ1v) is 5.72. The Morgan fingerprint density at radius 1 is 1.42 bits per heavy atom. The maximum atomic E-state index is 12.2. The Balaban J connectivity index is 2.42. The molecule has 1 unspecified atom stereocenters. The van der Waals surface area contributed by atoms with Gasteiger partial charge in [-0.3, -0.25) is 0 Å². The Morgan fingerprint density at radius 2 is 1.92 bits per heavy atom. The van der Waals surface area contributed by atoms with Gasteiger partial charge in [-0.1, -0.05) is 12.8 Å². The van der Waals surface area contributed by atoms with Crippen LogP contribution in [-0.4, -0.2) is 20.2 Å². The van der Waals surface area contributed by atoms with Gasteiger partial charge in [-0.25, -0.2) is 0 Å². The summed E-state index contributed by atoms with van der Waals surface area (Å²) >= 11 is 0. The third kappa shape index (κ3) is 3.06. The minimum Gasteiger partial charge on any atom is -0.326 e. The first kappa shape index (κ1) is 9.92. The number of hydrogen-bond acceptors (Lipinski definition) is 3. The van der Waals surface area contributed by atoms with E-state index in [0.717, 1.165) is 25.7 Å². The van der Waals surface area contributed by atoms with E-state index in [9.17, 15) is 12.3 Å². The lowest BCUT2D eigenvalue weighted by molar-refractivity contribution is 0.448. The molecule has 0 spiro atoms. The largest absolute Gasteiger partial charge is 0.326 e. The van der Waals surface area contributed by atoms with Crippen molar-refractivity contribution in [1.29, 1.82) is 0 Å². The zero-order valence-electron chi connectivity index (χ0n) is 6.87. The highest BCUT2D eigenvalue weighted by atomic mass is 32.3. The molecule has 1 saturated carbocycles. The number of halogens is 1. The molecule has 0 aromatic carbocycles. The van der Waals surface area contributed by atoms with Crippen molar-refractivity contribution in [3.8, 4) is 0 Å². The van der Waals surface area contributed by atoms with Gasteiger partial charge in [0.05, 0.1) is 5.75 Å². The molecule has 0 radical (unpaired) electrons. The Kier molecular flexibility index (Phi) is 3.06. The lowest BCUT2D eigenvalue weighted by atomic mass is 10.0. The Labute approximate surface area is 72.3 Å². The van der Waals surface area contributed by atoms with Crippen LogP contribution >= 0.6 is 0 Å². The molecule has 0 heterocycles. The predicted octanol–water partition coefficient (Wildman–Crippen LogP) is 0.803. The molecule has 3 nitrogen and oxygen atoms in total. The quantitative estimate of drug-likeness (QED) is 0.678. The average molecular weight is 195 g/mol. The summed E-state index contributed by atoms with van der Waals surface area (Å²) in [4.78, 5) is 0. The van der Waals surface area contributed by atoms with Crippen molar-refractivity contribution < 1.29 is 12.3 Å². The molecule has 0 saturated heterocycles. The number of hydrogen-bond donors (Lipinski definition) is 1. The molecule has 0 bridgehead atoms. The molecule has 2 N–H and O–H groups in total. The zero-order valence-corrected chi connectivity index (χ0v) is 7.69. The molecule has 72 valence electrons. The van der Waals surface area contributed by atoms with Crippen LogP contribution in [-0.2, 0) is 10.2 Å². The zero-order chi connectivity index (χ0) is 9.19. The van der Waals surface area contributed by atoms with E-state index in [1.54, 1.807) is 0 Å². The van der Waals surface area contributed by atoms with E-state index in [-0.39, 0.29) is 5.92 Å². The van der Waals surface area contributed by atoms with Crippen LogP contribution in [0.1, 0.15) is 25.7 Å². The summed E-state index contributed by atoms with van der Waals surface area (Å²) in [7, 11) is -4.39. The lowest BCUT2D eigenvalue weighted by Crippen LogP contribution is -2.34. The Bertz CT molecular complexity index is 234. The van der Waals surface area contributed by atoms with Crippen LogP contribution in [0.15, 0.2) is 0 Å². The van der Waals surface area contributed by atoms with Crippen molar-refractivity contribution in [2.75, 3.05) is 5.75 Å². The number of rotatable bonds is 3. The lowest BCUT2D eigenvalue weighted by Gasteiger charge is -2.15. The molecule has 1 fully saturated rings. The van der Waals surface area contributed by atoms with Crippen molar-refractivity contribution in [2.45, 2.75) is 31.7 Å². The summed E-state index contributed by atoms with van der Waals surface area (Å²) < 4.78 is 32.7. The van der Waals surface area contributed by atoms with E-state index in [1.807, 2.05) is 0 Å². The molecular weight excluding hydrogens is 181 g/mol. The second-order valence-electron chi connectivity index (χ2n) is 3.41. The van der Waals surface area contributed by atoms with Crippen LogP contribution in [0.3, 0.4) is 0 Å². The van der Waals surface area contributed by atoms with E-state index in [4.69, 9.17) is 5.73 Å². The third-order valence-corrected chi connectivity index (χ3v) is 3.18. The van der Waals surface area contributed by atoms with E-state index < -0.39 is 22.0 Å². The maximum absolute atomic E-state index is 12.2. The molecule has 1 rings (SSSR count). The standard InChI is InChI=1S/C7H14FNO2S/c8-12(10,11)5-7(9)6-3-1-2-4-6/h6-7H,1-5,9H2. The average Bonchev–Trinajstić information content (AvgIpc) is 2.32. The van der Waals surface area contributed by atoms with Gasteiger partial charge in [0.1, 0.15) is 0 Å². The molecule has 5 heteroatoms. The summed E-state index contributed by atoms with van der Waals surface area (Å²) in [6, 6.07) is -0.512. The van der Waals surface area contributed by atoms with Gasteiger partial charge >= 0.3 is 10.2 Å². The minimum absolute atomic E-state index is 0.204. The molecule has 1 aliphatic rings. The van der Waals surface area contributed by atoms with Crippen molar-refractivity contribution in [2.24, 2.45) is 11.7 Å². The SMILES string of the molecule is NC(CS(=O)(=O)F)C1CCCC1. The normalized spacial score (nSPS) is 22.8. The van der Waals surface area contributed by atoms with Crippen LogP contribution in [0.25, 0.3) is 0 Å². The van der Waals surface area contributed by atoms with Gasteiger partial charge < -0.3 is 5.73 Å². The molecule has 1 atom stereocenters. The summed E-state index contributed by atoms with van der Waals surface area (Å²) in [5.74, 6) is -0.312.